The van der Waals surface area contributed by atoms with Crippen LogP contribution in [0.3, 0.4) is 0 Å². The first-order valence-corrected chi connectivity index (χ1v) is 10.8. The van der Waals surface area contributed by atoms with E-state index in [9.17, 15) is 13.2 Å². The zero-order valence-corrected chi connectivity index (χ0v) is 17.4. The predicted molar refractivity (Wildman–Crippen MR) is 111 cm³/mol. The maximum Gasteiger partial charge on any atom is 0.324 e. The number of aliphatic carboxylic acids is 1. The lowest BCUT2D eigenvalue weighted by atomic mass is 10.1. The van der Waals surface area contributed by atoms with Gasteiger partial charge in [-0.1, -0.05) is 60.7 Å². The number of carboxylic acid groups (broad SMARTS) is 1. The number of hydrogen-bond acceptors (Lipinski definition) is 5. The normalized spacial score (nSPS) is 14.3. The van der Waals surface area contributed by atoms with Crippen molar-refractivity contribution in [1.82, 2.24) is 0 Å². The lowest BCUT2D eigenvalue weighted by Crippen LogP contribution is -2.43. The summed E-state index contributed by atoms with van der Waals surface area (Å²) >= 11 is 0. The molecule has 0 saturated carbocycles. The van der Waals surface area contributed by atoms with Crippen LogP contribution in [0.25, 0.3) is 0 Å². The van der Waals surface area contributed by atoms with Crippen LogP contribution in [-0.4, -0.2) is 37.1 Å². The van der Waals surface area contributed by atoms with Gasteiger partial charge in [-0.25, -0.2) is 8.42 Å². The van der Waals surface area contributed by atoms with Gasteiger partial charge in [-0.05, 0) is 25.0 Å². The fraction of sp³-hybridized carbons (Fsp3) is 0.381. The second-order valence-corrected chi connectivity index (χ2v) is 9.24. The van der Waals surface area contributed by atoms with Crippen LogP contribution in [-0.2, 0) is 26.0 Å². The van der Waals surface area contributed by atoms with E-state index in [0.29, 0.717) is 6.61 Å². The Morgan fingerprint density at radius 1 is 1.11 bits per heavy atom. The topological polar surface area (TPSA) is 107 Å². The number of nitrogens with two attached hydrogens (primary N) is 1. The minimum absolute atomic E-state index is 0.0742. The summed E-state index contributed by atoms with van der Waals surface area (Å²) in [6.45, 7) is 3.59. The highest BCUT2D eigenvalue weighted by Crippen LogP contribution is 2.21. The number of hydrogen-bond donors (Lipinski definition) is 2. The van der Waals surface area contributed by atoms with Crippen LogP contribution < -0.4 is 5.73 Å². The van der Waals surface area contributed by atoms with Gasteiger partial charge in [0.1, 0.15) is 0 Å². The largest absolute Gasteiger partial charge is 0.480 e. The predicted octanol–water partition coefficient (Wildman–Crippen LogP) is 3.19. The lowest BCUT2D eigenvalue weighted by molar-refractivity contribution is -0.140. The third kappa shape index (κ3) is 7.42. The van der Waals surface area contributed by atoms with Gasteiger partial charge in [0.25, 0.3) is 0 Å². The number of rotatable bonds is 8. The minimum atomic E-state index is -3.69. The molecule has 0 unspecified atom stereocenters. The van der Waals surface area contributed by atoms with Gasteiger partial charge < -0.3 is 15.6 Å². The van der Waals surface area contributed by atoms with Crippen molar-refractivity contribution in [2.24, 2.45) is 5.73 Å². The van der Waals surface area contributed by atoms with Gasteiger partial charge in [0.05, 0.1) is 6.61 Å². The first-order chi connectivity index (χ1) is 13.1. The van der Waals surface area contributed by atoms with Crippen LogP contribution >= 0.6 is 0 Å². The van der Waals surface area contributed by atoms with E-state index in [-0.39, 0.29) is 19.1 Å². The molecule has 3 N–H and O–H groups in total. The average Bonchev–Trinajstić information content (AvgIpc) is 2.66. The third-order valence-electron chi connectivity index (χ3n) is 4.43. The molecule has 0 saturated heterocycles. The van der Waals surface area contributed by atoms with Crippen LogP contribution in [0.2, 0.25) is 0 Å². The fourth-order valence-corrected chi connectivity index (χ4v) is 3.01. The van der Waals surface area contributed by atoms with Crippen LogP contribution in [0.5, 0.6) is 0 Å². The van der Waals surface area contributed by atoms with Crippen molar-refractivity contribution < 1.29 is 23.1 Å². The average molecular weight is 408 g/mol. The third-order valence-corrected chi connectivity index (χ3v) is 6.45. The monoisotopic (exact) mass is 407 g/mol. The van der Waals surface area contributed by atoms with Crippen molar-refractivity contribution in [1.29, 1.82) is 0 Å². The van der Waals surface area contributed by atoms with Crippen molar-refractivity contribution in [2.45, 2.75) is 37.7 Å². The van der Waals surface area contributed by atoms with E-state index >= 15 is 0 Å². The van der Waals surface area contributed by atoms with Crippen molar-refractivity contribution in [3.05, 3.63) is 71.8 Å². The molecule has 0 aliphatic heterocycles. The molecule has 6 nitrogen and oxygen atoms in total. The maximum absolute atomic E-state index is 11.5. The van der Waals surface area contributed by atoms with Gasteiger partial charge in [-0.2, -0.15) is 0 Å². The number of carbonyl (C=O) groups is 1. The molecule has 0 amide bonds. The highest BCUT2D eigenvalue weighted by atomic mass is 32.2. The number of carboxylic acids is 1. The summed E-state index contributed by atoms with van der Waals surface area (Å²) in [6, 6.07) is 19.6. The summed E-state index contributed by atoms with van der Waals surface area (Å²) in [4.78, 5) is 11.1. The van der Waals surface area contributed by atoms with Crippen molar-refractivity contribution in [2.75, 3.05) is 12.9 Å². The number of ether oxygens (including phenoxy) is 1. The van der Waals surface area contributed by atoms with Crippen molar-refractivity contribution >= 4 is 15.8 Å². The number of sulfone groups is 1. The fourth-order valence-electron chi connectivity index (χ4n) is 2.24. The second-order valence-electron chi connectivity index (χ2n) is 6.80. The molecule has 2 rings (SSSR count). The minimum Gasteiger partial charge on any atom is -0.480 e. The van der Waals surface area contributed by atoms with Crippen molar-refractivity contribution in [3.63, 3.8) is 0 Å². The molecular formula is C21H29NO5S. The second kappa shape index (κ2) is 10.9. The van der Waals surface area contributed by atoms with Crippen molar-refractivity contribution in [3.8, 4) is 0 Å². The van der Waals surface area contributed by atoms with E-state index in [2.05, 4.69) is 0 Å². The van der Waals surface area contributed by atoms with E-state index < -0.39 is 20.6 Å². The van der Waals surface area contributed by atoms with Crippen LogP contribution in [0, 0.1) is 0 Å². The summed E-state index contributed by atoms with van der Waals surface area (Å²) < 4.78 is 26.6. The molecule has 2 aromatic rings. The molecule has 154 valence electrons. The molecule has 0 radical (unpaired) electrons. The zero-order chi connectivity index (χ0) is 21.2. The van der Waals surface area contributed by atoms with Crippen LogP contribution in [0.4, 0.5) is 0 Å². The number of benzene rings is 2. The van der Waals surface area contributed by atoms with Gasteiger partial charge >= 0.3 is 5.97 Å². The smallest absolute Gasteiger partial charge is 0.324 e. The van der Waals surface area contributed by atoms with Crippen LogP contribution in [0.15, 0.2) is 60.7 Å². The van der Waals surface area contributed by atoms with E-state index in [1.54, 1.807) is 0 Å². The quantitative estimate of drug-likeness (QED) is 0.651. The Labute approximate surface area is 167 Å². The Morgan fingerprint density at radius 3 is 2.00 bits per heavy atom. The molecule has 2 aromatic carbocycles. The molecule has 28 heavy (non-hydrogen) atoms. The summed E-state index contributed by atoms with van der Waals surface area (Å²) in [6.07, 6.45) is 0.853. The molecule has 0 heterocycles. The lowest BCUT2D eigenvalue weighted by Gasteiger charge is -2.22. The van der Waals surface area contributed by atoms with E-state index in [1.165, 1.54) is 12.5 Å². The molecule has 2 atom stereocenters. The van der Waals surface area contributed by atoms with Crippen LogP contribution in [0.1, 0.15) is 37.4 Å². The first-order valence-electron chi connectivity index (χ1n) is 8.93. The molecule has 0 fully saturated rings. The van der Waals surface area contributed by atoms with Gasteiger partial charge in [0.2, 0.25) is 0 Å². The summed E-state index contributed by atoms with van der Waals surface area (Å²) in [5, 5.41) is 9.05. The molecule has 0 bridgehead atoms. The molecule has 0 aliphatic rings. The Morgan fingerprint density at radius 2 is 1.61 bits per heavy atom. The van der Waals surface area contributed by atoms with E-state index in [4.69, 9.17) is 15.6 Å². The highest BCUT2D eigenvalue weighted by Gasteiger charge is 2.43. The SMILES string of the molecule is C[C@@H](N)c1ccccc1.C[C@@](CCOCc1ccccc1)(C(=O)O)S(C)(=O)=O. The van der Waals surface area contributed by atoms with Gasteiger partial charge in [-0.15, -0.1) is 0 Å². The first kappa shape index (κ1) is 23.8. The highest BCUT2D eigenvalue weighted by molar-refractivity contribution is 7.92. The van der Waals surface area contributed by atoms with Gasteiger partial charge in [-0.3, -0.25) is 4.79 Å². The zero-order valence-electron chi connectivity index (χ0n) is 16.5. The molecule has 0 aromatic heterocycles. The Balaban J connectivity index is 0.000000362. The maximum atomic E-state index is 11.5. The Kier molecular flexibility index (Phi) is 9.31. The summed E-state index contributed by atoms with van der Waals surface area (Å²) in [7, 11) is -3.69. The standard InChI is InChI=1S/C13H18O5S.C8H11N/c1-13(12(14)15,19(2,16)17)8-9-18-10-11-6-4-3-5-7-11;1-7(9)8-5-3-2-4-6-8/h3-7H,8-10H2,1-2H3,(H,14,15);2-7H,9H2,1H3/t13-;7-/m11/s1. The summed E-state index contributed by atoms with van der Waals surface area (Å²) in [5.41, 5.74) is 7.76. The van der Waals surface area contributed by atoms with E-state index in [0.717, 1.165) is 11.8 Å². The molecule has 7 heteroatoms. The molecule has 0 spiro atoms. The molecule has 0 aliphatic carbocycles. The van der Waals surface area contributed by atoms with Gasteiger partial charge in [0, 0.05) is 25.3 Å². The molecular weight excluding hydrogens is 378 g/mol. The Bertz CT molecular complexity index is 822. The summed E-state index contributed by atoms with van der Waals surface area (Å²) in [5.74, 6) is -1.35. The Hall–Kier alpha value is -2.22. The van der Waals surface area contributed by atoms with E-state index in [1.807, 2.05) is 67.6 Å². The van der Waals surface area contributed by atoms with Gasteiger partial charge in [0.15, 0.2) is 14.6 Å².